The molecule has 20 heavy (non-hydrogen) atoms. The Balaban J connectivity index is 1.96. The van der Waals surface area contributed by atoms with Gasteiger partial charge in [-0.1, -0.05) is 48.5 Å². The molecule has 1 atom stereocenters. The fourth-order valence-electron chi connectivity index (χ4n) is 2.23. The number of aromatic nitrogens is 2. The van der Waals surface area contributed by atoms with E-state index in [9.17, 15) is 5.11 Å². The molecule has 3 rings (SSSR count). The molecule has 3 aromatic rings. The van der Waals surface area contributed by atoms with Crippen LogP contribution in [0.25, 0.3) is 10.9 Å². The Labute approximate surface area is 117 Å². The van der Waals surface area contributed by atoms with E-state index in [0.29, 0.717) is 0 Å². The number of aliphatic hydroxyl groups excluding tert-OH is 1. The molecule has 0 saturated carbocycles. The lowest BCUT2D eigenvalue weighted by Crippen LogP contribution is -2.15. The summed E-state index contributed by atoms with van der Waals surface area (Å²) in [6.07, 6.45) is 1.69. The van der Waals surface area contributed by atoms with Gasteiger partial charge in [0.15, 0.2) is 0 Å². The van der Waals surface area contributed by atoms with Crippen molar-refractivity contribution in [2.75, 3.05) is 11.9 Å². The van der Waals surface area contributed by atoms with Crippen LogP contribution >= 0.6 is 0 Å². The fraction of sp³-hybridized carbons (Fsp3) is 0.125. The minimum absolute atomic E-state index is 0.0145. The second-order valence-electron chi connectivity index (χ2n) is 4.57. The summed E-state index contributed by atoms with van der Waals surface area (Å²) in [5.74, 6) is 0. The quantitative estimate of drug-likeness (QED) is 0.761. The van der Waals surface area contributed by atoms with Crippen LogP contribution in [0.15, 0.2) is 60.8 Å². The molecule has 100 valence electrons. The van der Waals surface area contributed by atoms with E-state index < -0.39 is 0 Å². The predicted octanol–water partition coefficient (Wildman–Crippen LogP) is 2.78. The topological polar surface area (TPSA) is 58.0 Å². The van der Waals surface area contributed by atoms with Crippen molar-refractivity contribution in [2.45, 2.75) is 6.04 Å². The molecular formula is C16H15N3O. The number of hydrogen-bond donors (Lipinski definition) is 2. The van der Waals surface area contributed by atoms with E-state index >= 15 is 0 Å². The largest absolute Gasteiger partial charge is 0.394 e. The highest BCUT2D eigenvalue weighted by Crippen LogP contribution is 2.24. The Hall–Kier alpha value is -2.46. The van der Waals surface area contributed by atoms with Gasteiger partial charge in [-0.2, -0.15) is 10.2 Å². The molecule has 0 aliphatic heterocycles. The van der Waals surface area contributed by atoms with Crippen LogP contribution in [-0.4, -0.2) is 21.9 Å². The zero-order valence-corrected chi connectivity index (χ0v) is 10.9. The molecule has 1 aromatic heterocycles. The number of benzene rings is 2. The smallest absolute Gasteiger partial charge is 0.0950 e. The summed E-state index contributed by atoms with van der Waals surface area (Å²) in [6, 6.07) is 17.5. The van der Waals surface area contributed by atoms with E-state index in [1.54, 1.807) is 6.20 Å². The molecule has 2 N–H and O–H groups in total. The van der Waals surface area contributed by atoms with E-state index in [4.69, 9.17) is 0 Å². The first-order valence-corrected chi connectivity index (χ1v) is 6.51. The Kier molecular flexibility index (Phi) is 3.56. The van der Waals surface area contributed by atoms with Crippen molar-refractivity contribution in [3.8, 4) is 0 Å². The third-order valence-corrected chi connectivity index (χ3v) is 3.26. The van der Waals surface area contributed by atoms with Crippen molar-refractivity contribution in [2.24, 2.45) is 0 Å². The van der Waals surface area contributed by atoms with Gasteiger partial charge in [0.1, 0.15) is 0 Å². The van der Waals surface area contributed by atoms with Crippen LogP contribution in [0, 0.1) is 0 Å². The molecule has 0 fully saturated rings. The highest BCUT2D eigenvalue weighted by Gasteiger charge is 2.11. The second-order valence-corrected chi connectivity index (χ2v) is 4.57. The van der Waals surface area contributed by atoms with Crippen LogP contribution in [0.3, 0.4) is 0 Å². The van der Waals surface area contributed by atoms with Crippen LogP contribution < -0.4 is 5.32 Å². The molecular weight excluding hydrogens is 250 g/mol. The van der Waals surface area contributed by atoms with Crippen LogP contribution in [-0.2, 0) is 0 Å². The van der Waals surface area contributed by atoms with Gasteiger partial charge in [-0.25, -0.2) is 0 Å². The van der Waals surface area contributed by atoms with Gasteiger partial charge in [0, 0.05) is 5.39 Å². The van der Waals surface area contributed by atoms with Crippen molar-refractivity contribution in [1.82, 2.24) is 10.2 Å². The number of aliphatic hydroxyl groups is 1. The normalized spacial score (nSPS) is 12.2. The number of nitrogens with zero attached hydrogens (tertiary/aromatic N) is 2. The molecule has 0 aliphatic carbocycles. The van der Waals surface area contributed by atoms with Gasteiger partial charge < -0.3 is 10.4 Å². The van der Waals surface area contributed by atoms with Crippen molar-refractivity contribution < 1.29 is 5.11 Å². The summed E-state index contributed by atoms with van der Waals surface area (Å²) in [7, 11) is 0. The summed E-state index contributed by atoms with van der Waals surface area (Å²) < 4.78 is 0. The van der Waals surface area contributed by atoms with Crippen molar-refractivity contribution in [3.05, 3.63) is 66.4 Å². The van der Waals surface area contributed by atoms with Gasteiger partial charge in [-0.15, -0.1) is 0 Å². The Morgan fingerprint density at radius 1 is 1.00 bits per heavy atom. The van der Waals surface area contributed by atoms with Crippen LogP contribution in [0.4, 0.5) is 5.69 Å². The maximum absolute atomic E-state index is 9.61. The number of hydrogen-bond acceptors (Lipinski definition) is 4. The van der Waals surface area contributed by atoms with E-state index in [0.717, 1.165) is 22.2 Å². The second kappa shape index (κ2) is 5.67. The summed E-state index contributed by atoms with van der Waals surface area (Å²) in [5.41, 5.74) is 2.75. The van der Waals surface area contributed by atoms with Crippen LogP contribution in [0.5, 0.6) is 0 Å². The predicted molar refractivity (Wildman–Crippen MR) is 79.4 cm³/mol. The summed E-state index contributed by atoms with van der Waals surface area (Å²) in [4.78, 5) is 0. The molecule has 2 aromatic carbocycles. The summed E-state index contributed by atoms with van der Waals surface area (Å²) in [6.45, 7) is 0.0145. The Morgan fingerprint density at radius 2 is 1.75 bits per heavy atom. The lowest BCUT2D eigenvalue weighted by Gasteiger charge is -2.18. The van der Waals surface area contributed by atoms with Crippen molar-refractivity contribution in [3.63, 3.8) is 0 Å². The van der Waals surface area contributed by atoms with Gasteiger partial charge in [-0.05, 0) is 11.6 Å². The molecule has 0 spiro atoms. The molecule has 1 unspecified atom stereocenters. The monoisotopic (exact) mass is 265 g/mol. The fourth-order valence-corrected chi connectivity index (χ4v) is 2.23. The molecule has 0 radical (unpaired) electrons. The first-order chi connectivity index (χ1) is 9.88. The van der Waals surface area contributed by atoms with Gasteiger partial charge in [-0.3, -0.25) is 0 Å². The van der Waals surface area contributed by atoms with Crippen LogP contribution in [0.1, 0.15) is 11.6 Å². The number of rotatable bonds is 4. The minimum Gasteiger partial charge on any atom is -0.394 e. The lowest BCUT2D eigenvalue weighted by molar-refractivity contribution is 0.276. The molecule has 4 nitrogen and oxygen atoms in total. The zero-order chi connectivity index (χ0) is 13.8. The average Bonchev–Trinajstić information content (AvgIpc) is 2.53. The SMILES string of the molecule is OCC(Nc1cnnc2ccccc12)c1ccccc1. The maximum Gasteiger partial charge on any atom is 0.0950 e. The maximum atomic E-state index is 9.61. The van der Waals surface area contributed by atoms with E-state index in [2.05, 4.69) is 15.5 Å². The van der Waals surface area contributed by atoms with Crippen molar-refractivity contribution >= 4 is 16.6 Å². The first kappa shape index (κ1) is 12.6. The Morgan fingerprint density at radius 3 is 2.55 bits per heavy atom. The number of nitrogens with one attached hydrogen (secondary N) is 1. The average molecular weight is 265 g/mol. The standard InChI is InChI=1S/C16H15N3O/c20-11-16(12-6-2-1-3-7-12)18-15-10-17-19-14-9-5-4-8-13(14)15/h1-10,16,20H,11H2,(H,18,19). The molecule has 0 saturated heterocycles. The zero-order valence-electron chi connectivity index (χ0n) is 10.9. The van der Waals surface area contributed by atoms with E-state index in [1.165, 1.54) is 0 Å². The third-order valence-electron chi connectivity index (χ3n) is 3.26. The molecule has 4 heteroatoms. The van der Waals surface area contributed by atoms with Crippen molar-refractivity contribution in [1.29, 1.82) is 0 Å². The summed E-state index contributed by atoms with van der Waals surface area (Å²) >= 11 is 0. The first-order valence-electron chi connectivity index (χ1n) is 6.51. The molecule has 0 bridgehead atoms. The third kappa shape index (κ3) is 2.46. The minimum atomic E-state index is -0.163. The molecule has 0 amide bonds. The summed E-state index contributed by atoms with van der Waals surface area (Å²) in [5, 5.41) is 22.0. The van der Waals surface area contributed by atoms with Gasteiger partial charge in [0.25, 0.3) is 0 Å². The molecule has 1 heterocycles. The Bertz CT molecular complexity index is 695. The highest BCUT2D eigenvalue weighted by atomic mass is 16.3. The van der Waals surface area contributed by atoms with Gasteiger partial charge >= 0.3 is 0 Å². The number of anilines is 1. The van der Waals surface area contributed by atoms with Gasteiger partial charge in [0.05, 0.1) is 30.0 Å². The highest BCUT2D eigenvalue weighted by molar-refractivity contribution is 5.90. The molecule has 0 aliphatic rings. The lowest BCUT2D eigenvalue weighted by atomic mass is 10.1. The van der Waals surface area contributed by atoms with Gasteiger partial charge in [0.2, 0.25) is 0 Å². The number of fused-ring (bicyclic) bond motifs is 1. The van der Waals surface area contributed by atoms with E-state index in [-0.39, 0.29) is 12.6 Å². The van der Waals surface area contributed by atoms with Crippen LogP contribution in [0.2, 0.25) is 0 Å². The van der Waals surface area contributed by atoms with E-state index in [1.807, 2.05) is 54.6 Å².